The van der Waals surface area contributed by atoms with E-state index in [0.717, 1.165) is 13.1 Å². The molecular weight excluding hydrogens is 258 g/mol. The standard InChI is InChI=1S/C15H19NO4/c17-13-3-1-11(2-4-13)14(18)7-10-16-8-5-12(6-9-16)15(19)20/h1-4,12,17H,5-10H2,(H,19,20). The normalized spacial score (nSPS) is 17.0. The lowest BCUT2D eigenvalue weighted by atomic mass is 9.97. The zero-order valence-corrected chi connectivity index (χ0v) is 11.3. The molecule has 5 nitrogen and oxygen atoms in total. The van der Waals surface area contributed by atoms with Crippen LogP contribution in [0.5, 0.6) is 5.75 Å². The minimum Gasteiger partial charge on any atom is -0.508 e. The van der Waals surface area contributed by atoms with Crippen LogP contribution in [0.4, 0.5) is 0 Å². The number of ketones is 1. The summed E-state index contributed by atoms with van der Waals surface area (Å²) >= 11 is 0. The molecule has 2 N–H and O–H groups in total. The molecule has 0 unspecified atom stereocenters. The van der Waals surface area contributed by atoms with Crippen LogP contribution in [-0.2, 0) is 4.79 Å². The molecular formula is C15H19NO4. The Kier molecular flexibility index (Phi) is 4.74. The van der Waals surface area contributed by atoms with Crippen LogP contribution in [0.2, 0.25) is 0 Å². The predicted molar refractivity (Wildman–Crippen MR) is 73.9 cm³/mol. The Morgan fingerprint density at radius 2 is 1.75 bits per heavy atom. The van der Waals surface area contributed by atoms with Crippen LogP contribution in [0.1, 0.15) is 29.6 Å². The number of hydrogen-bond acceptors (Lipinski definition) is 4. The minimum absolute atomic E-state index is 0.0466. The number of benzene rings is 1. The Morgan fingerprint density at radius 1 is 1.15 bits per heavy atom. The molecule has 1 aromatic rings. The smallest absolute Gasteiger partial charge is 0.306 e. The van der Waals surface area contributed by atoms with E-state index < -0.39 is 5.97 Å². The second-order valence-corrected chi connectivity index (χ2v) is 5.17. The summed E-state index contributed by atoms with van der Waals surface area (Å²) in [6.07, 6.45) is 1.73. The first kappa shape index (κ1) is 14.5. The Morgan fingerprint density at radius 3 is 2.30 bits per heavy atom. The summed E-state index contributed by atoms with van der Waals surface area (Å²) in [5.74, 6) is -0.758. The molecule has 1 fully saturated rings. The van der Waals surface area contributed by atoms with E-state index in [4.69, 9.17) is 5.11 Å². The van der Waals surface area contributed by atoms with Gasteiger partial charge in [-0.3, -0.25) is 9.59 Å². The molecule has 2 rings (SSSR count). The summed E-state index contributed by atoms with van der Waals surface area (Å²) in [4.78, 5) is 25.0. The molecule has 0 spiro atoms. The Bertz CT molecular complexity index is 475. The summed E-state index contributed by atoms with van der Waals surface area (Å²) in [6, 6.07) is 6.25. The molecule has 1 heterocycles. The van der Waals surface area contributed by atoms with Crippen molar-refractivity contribution in [2.75, 3.05) is 19.6 Å². The van der Waals surface area contributed by atoms with Crippen molar-refractivity contribution in [2.45, 2.75) is 19.3 Å². The Balaban J connectivity index is 1.77. The van der Waals surface area contributed by atoms with Crippen LogP contribution in [0.15, 0.2) is 24.3 Å². The molecule has 0 saturated carbocycles. The van der Waals surface area contributed by atoms with Gasteiger partial charge in [-0.1, -0.05) is 0 Å². The summed E-state index contributed by atoms with van der Waals surface area (Å²) in [6.45, 7) is 2.13. The van der Waals surface area contributed by atoms with E-state index in [1.165, 1.54) is 12.1 Å². The van der Waals surface area contributed by atoms with Crippen molar-refractivity contribution in [3.8, 4) is 5.75 Å². The largest absolute Gasteiger partial charge is 0.508 e. The van der Waals surface area contributed by atoms with E-state index in [9.17, 15) is 14.7 Å². The van der Waals surface area contributed by atoms with Gasteiger partial charge in [-0.15, -0.1) is 0 Å². The molecule has 0 radical (unpaired) electrons. The highest BCUT2D eigenvalue weighted by Crippen LogP contribution is 2.18. The van der Waals surface area contributed by atoms with Crippen LogP contribution in [0, 0.1) is 5.92 Å². The van der Waals surface area contributed by atoms with E-state index in [0.29, 0.717) is 31.4 Å². The number of carboxylic acids is 1. The number of Topliss-reactive ketones (excluding diaryl/α,β-unsaturated/α-hetero) is 1. The van der Waals surface area contributed by atoms with Gasteiger partial charge in [0.15, 0.2) is 5.78 Å². The summed E-state index contributed by atoms with van der Waals surface area (Å²) in [5.41, 5.74) is 0.600. The van der Waals surface area contributed by atoms with E-state index in [2.05, 4.69) is 4.90 Å². The number of carbonyl (C=O) groups is 2. The second kappa shape index (κ2) is 6.52. The van der Waals surface area contributed by atoms with E-state index in [1.807, 2.05) is 0 Å². The average Bonchev–Trinajstić information content (AvgIpc) is 2.46. The predicted octanol–water partition coefficient (Wildman–Crippen LogP) is 1.76. The van der Waals surface area contributed by atoms with E-state index in [1.54, 1.807) is 12.1 Å². The maximum atomic E-state index is 12.0. The number of aliphatic carboxylic acids is 1. The van der Waals surface area contributed by atoms with Crippen LogP contribution >= 0.6 is 0 Å². The molecule has 0 aliphatic carbocycles. The molecule has 1 aliphatic rings. The molecule has 20 heavy (non-hydrogen) atoms. The fourth-order valence-electron chi connectivity index (χ4n) is 2.45. The molecule has 5 heteroatoms. The monoisotopic (exact) mass is 277 g/mol. The zero-order chi connectivity index (χ0) is 14.5. The fraction of sp³-hybridized carbons (Fsp3) is 0.467. The fourth-order valence-corrected chi connectivity index (χ4v) is 2.45. The highest BCUT2D eigenvalue weighted by Gasteiger charge is 2.24. The summed E-state index contributed by atoms with van der Waals surface area (Å²) in [5, 5.41) is 18.1. The highest BCUT2D eigenvalue weighted by molar-refractivity contribution is 5.96. The minimum atomic E-state index is -0.718. The number of carbonyl (C=O) groups excluding carboxylic acids is 1. The second-order valence-electron chi connectivity index (χ2n) is 5.17. The van der Waals surface area contributed by atoms with Gasteiger partial charge in [-0.2, -0.15) is 0 Å². The van der Waals surface area contributed by atoms with Crippen LogP contribution in [0.3, 0.4) is 0 Å². The van der Waals surface area contributed by atoms with Gasteiger partial charge in [0.25, 0.3) is 0 Å². The highest BCUT2D eigenvalue weighted by atomic mass is 16.4. The third-order valence-corrected chi connectivity index (χ3v) is 3.78. The van der Waals surface area contributed by atoms with Gasteiger partial charge in [-0.05, 0) is 50.2 Å². The SMILES string of the molecule is O=C(CCN1CCC(C(=O)O)CC1)c1ccc(O)cc1. The number of aromatic hydroxyl groups is 1. The third kappa shape index (κ3) is 3.81. The molecule has 0 aromatic heterocycles. The lowest BCUT2D eigenvalue weighted by Crippen LogP contribution is -2.37. The van der Waals surface area contributed by atoms with Crippen molar-refractivity contribution < 1.29 is 19.8 Å². The van der Waals surface area contributed by atoms with Gasteiger partial charge in [0.1, 0.15) is 5.75 Å². The number of rotatable bonds is 5. The van der Waals surface area contributed by atoms with Gasteiger partial charge < -0.3 is 15.1 Å². The third-order valence-electron chi connectivity index (χ3n) is 3.78. The number of phenolic OH excluding ortho intramolecular Hbond substituents is 1. The zero-order valence-electron chi connectivity index (χ0n) is 11.3. The van der Waals surface area contributed by atoms with Crippen molar-refractivity contribution in [1.82, 2.24) is 4.90 Å². The Labute approximate surface area is 117 Å². The quantitative estimate of drug-likeness (QED) is 0.802. The van der Waals surface area contributed by atoms with E-state index in [-0.39, 0.29) is 17.5 Å². The maximum absolute atomic E-state index is 12.0. The maximum Gasteiger partial charge on any atom is 0.306 e. The lowest BCUT2D eigenvalue weighted by Gasteiger charge is -2.29. The number of hydrogen-bond donors (Lipinski definition) is 2. The van der Waals surface area contributed by atoms with Crippen molar-refractivity contribution in [3.63, 3.8) is 0 Å². The molecule has 108 valence electrons. The molecule has 0 bridgehead atoms. The Hall–Kier alpha value is -1.88. The van der Waals surface area contributed by atoms with Crippen LogP contribution < -0.4 is 0 Å². The summed E-state index contributed by atoms with van der Waals surface area (Å²) in [7, 11) is 0. The van der Waals surface area contributed by atoms with Gasteiger partial charge in [-0.25, -0.2) is 0 Å². The first-order valence-corrected chi connectivity index (χ1v) is 6.83. The van der Waals surface area contributed by atoms with Crippen LogP contribution in [-0.4, -0.2) is 46.5 Å². The van der Waals surface area contributed by atoms with Crippen molar-refractivity contribution >= 4 is 11.8 Å². The first-order valence-electron chi connectivity index (χ1n) is 6.83. The number of phenols is 1. The van der Waals surface area contributed by atoms with Crippen molar-refractivity contribution in [3.05, 3.63) is 29.8 Å². The van der Waals surface area contributed by atoms with Crippen LogP contribution in [0.25, 0.3) is 0 Å². The topological polar surface area (TPSA) is 77.8 Å². The molecule has 1 aromatic carbocycles. The molecule has 1 saturated heterocycles. The van der Waals surface area contributed by atoms with Crippen molar-refractivity contribution in [2.24, 2.45) is 5.92 Å². The van der Waals surface area contributed by atoms with Crippen molar-refractivity contribution in [1.29, 1.82) is 0 Å². The van der Waals surface area contributed by atoms with Gasteiger partial charge in [0.05, 0.1) is 5.92 Å². The van der Waals surface area contributed by atoms with E-state index >= 15 is 0 Å². The first-order chi connectivity index (χ1) is 9.56. The molecule has 0 amide bonds. The number of likely N-dealkylation sites (tertiary alicyclic amines) is 1. The van der Waals surface area contributed by atoms with Gasteiger partial charge in [0, 0.05) is 18.5 Å². The lowest BCUT2D eigenvalue weighted by molar-refractivity contribution is -0.143. The average molecular weight is 277 g/mol. The van der Waals surface area contributed by atoms with Gasteiger partial charge >= 0.3 is 5.97 Å². The summed E-state index contributed by atoms with van der Waals surface area (Å²) < 4.78 is 0. The molecule has 0 atom stereocenters. The van der Waals surface area contributed by atoms with Gasteiger partial charge in [0.2, 0.25) is 0 Å². The molecule has 1 aliphatic heterocycles. The number of carboxylic acid groups (broad SMARTS) is 1. The number of nitrogens with zero attached hydrogens (tertiary/aromatic N) is 1. The number of piperidine rings is 1.